The van der Waals surface area contributed by atoms with Crippen LogP contribution < -0.4 is 0 Å². The number of hydrogen-bond acceptors (Lipinski definition) is 2. The molecule has 2 unspecified atom stereocenters. The van der Waals surface area contributed by atoms with E-state index in [2.05, 4.69) is 27.7 Å². The molecule has 0 amide bonds. The van der Waals surface area contributed by atoms with Gasteiger partial charge in [0.15, 0.2) is 0 Å². The molecule has 2 nitrogen and oxygen atoms in total. The zero-order chi connectivity index (χ0) is 12.1. The lowest BCUT2D eigenvalue weighted by atomic mass is 9.83. The number of rotatable bonds is 6. The van der Waals surface area contributed by atoms with Crippen LogP contribution in [0.3, 0.4) is 0 Å². The van der Waals surface area contributed by atoms with Gasteiger partial charge in [-0.2, -0.15) is 0 Å². The van der Waals surface area contributed by atoms with E-state index in [0.29, 0.717) is 17.9 Å². The third-order valence-electron chi connectivity index (χ3n) is 2.26. The Bertz CT molecular complexity index is 158. The second kappa shape index (κ2) is 6.49. The Morgan fingerprint density at radius 2 is 1.67 bits per heavy atom. The fourth-order valence-electron chi connectivity index (χ4n) is 1.96. The molecule has 0 aromatic rings. The molecule has 0 aliphatic carbocycles. The molecule has 0 aliphatic rings. The highest BCUT2D eigenvalue weighted by Crippen LogP contribution is 2.26. The first-order valence-corrected chi connectivity index (χ1v) is 6.00. The molecule has 0 aliphatic heterocycles. The van der Waals surface area contributed by atoms with E-state index in [4.69, 9.17) is 4.74 Å². The van der Waals surface area contributed by atoms with Crippen LogP contribution in [0, 0.1) is 11.3 Å². The van der Waals surface area contributed by atoms with E-state index >= 15 is 0 Å². The van der Waals surface area contributed by atoms with E-state index in [1.807, 2.05) is 13.8 Å². The van der Waals surface area contributed by atoms with Gasteiger partial charge in [0.25, 0.3) is 0 Å². The van der Waals surface area contributed by atoms with Gasteiger partial charge in [-0.1, -0.05) is 27.7 Å². The zero-order valence-corrected chi connectivity index (χ0v) is 11.2. The van der Waals surface area contributed by atoms with Crippen molar-refractivity contribution in [2.45, 2.75) is 66.6 Å². The van der Waals surface area contributed by atoms with Gasteiger partial charge in [0.05, 0.1) is 18.8 Å². The van der Waals surface area contributed by atoms with E-state index < -0.39 is 0 Å². The molecule has 0 rings (SSSR count). The molecule has 0 saturated carbocycles. The predicted octanol–water partition coefficient (Wildman–Crippen LogP) is 3.23. The molecule has 0 aromatic carbocycles. The van der Waals surface area contributed by atoms with E-state index in [1.54, 1.807) is 0 Å². The first kappa shape index (κ1) is 14.9. The maximum atomic E-state index is 9.74. The summed E-state index contributed by atoms with van der Waals surface area (Å²) < 4.78 is 5.38. The Labute approximate surface area is 95.0 Å². The number of hydrogen-bond donors (Lipinski definition) is 1. The fourth-order valence-corrected chi connectivity index (χ4v) is 1.96. The quantitative estimate of drug-likeness (QED) is 0.738. The molecular formula is C13H28O2. The van der Waals surface area contributed by atoms with Crippen molar-refractivity contribution in [1.29, 1.82) is 0 Å². The molecule has 2 atom stereocenters. The first-order chi connectivity index (χ1) is 6.70. The minimum Gasteiger partial charge on any atom is -0.391 e. The van der Waals surface area contributed by atoms with E-state index in [0.717, 1.165) is 12.8 Å². The number of aliphatic hydroxyl groups is 1. The van der Waals surface area contributed by atoms with Crippen molar-refractivity contribution >= 4 is 0 Å². The van der Waals surface area contributed by atoms with Crippen LogP contribution in [0.1, 0.15) is 54.4 Å². The van der Waals surface area contributed by atoms with Gasteiger partial charge in [-0.15, -0.1) is 0 Å². The van der Waals surface area contributed by atoms with Crippen LogP contribution in [0.2, 0.25) is 0 Å². The lowest BCUT2D eigenvalue weighted by molar-refractivity contribution is -0.00476. The highest BCUT2D eigenvalue weighted by Gasteiger charge is 2.18. The maximum Gasteiger partial charge on any atom is 0.0776 e. The van der Waals surface area contributed by atoms with Gasteiger partial charge in [-0.25, -0.2) is 0 Å². The van der Waals surface area contributed by atoms with Gasteiger partial charge in [0.1, 0.15) is 0 Å². The summed E-state index contributed by atoms with van der Waals surface area (Å²) in [5.41, 5.74) is 0.345. The molecule has 0 fully saturated rings. The Hall–Kier alpha value is -0.0800. The first-order valence-electron chi connectivity index (χ1n) is 6.00. The highest BCUT2D eigenvalue weighted by molar-refractivity contribution is 4.69. The van der Waals surface area contributed by atoms with Crippen molar-refractivity contribution in [2.24, 2.45) is 11.3 Å². The molecule has 0 aromatic heterocycles. The Morgan fingerprint density at radius 3 is 2.07 bits per heavy atom. The van der Waals surface area contributed by atoms with Crippen LogP contribution in [0.5, 0.6) is 0 Å². The average Bonchev–Trinajstić information content (AvgIpc) is 1.96. The van der Waals surface area contributed by atoms with Crippen LogP contribution in [0.4, 0.5) is 0 Å². The van der Waals surface area contributed by atoms with Crippen molar-refractivity contribution < 1.29 is 9.84 Å². The van der Waals surface area contributed by atoms with E-state index in [-0.39, 0.29) is 12.2 Å². The van der Waals surface area contributed by atoms with Crippen molar-refractivity contribution in [3.05, 3.63) is 0 Å². The minimum absolute atomic E-state index is 0.206. The molecule has 0 saturated heterocycles. The van der Waals surface area contributed by atoms with Crippen LogP contribution in [-0.4, -0.2) is 23.9 Å². The van der Waals surface area contributed by atoms with Gasteiger partial charge in [-0.3, -0.25) is 0 Å². The lowest BCUT2D eigenvalue weighted by Gasteiger charge is -2.25. The fraction of sp³-hybridized carbons (Fsp3) is 1.00. The van der Waals surface area contributed by atoms with Crippen molar-refractivity contribution in [3.63, 3.8) is 0 Å². The van der Waals surface area contributed by atoms with E-state index in [9.17, 15) is 5.11 Å². The summed E-state index contributed by atoms with van der Waals surface area (Å²) in [7, 11) is 0. The monoisotopic (exact) mass is 216 g/mol. The maximum absolute atomic E-state index is 9.74. The summed E-state index contributed by atoms with van der Waals surface area (Å²) in [5.74, 6) is 0.552. The highest BCUT2D eigenvalue weighted by atomic mass is 16.5. The molecule has 92 valence electrons. The van der Waals surface area contributed by atoms with Gasteiger partial charge < -0.3 is 9.84 Å². The summed E-state index contributed by atoms with van der Waals surface area (Å²) in [6, 6.07) is 0. The van der Waals surface area contributed by atoms with Crippen molar-refractivity contribution in [3.8, 4) is 0 Å². The van der Waals surface area contributed by atoms with Gasteiger partial charge in [-0.05, 0) is 38.0 Å². The average molecular weight is 216 g/mol. The lowest BCUT2D eigenvalue weighted by Crippen LogP contribution is -2.22. The van der Waals surface area contributed by atoms with Gasteiger partial charge >= 0.3 is 0 Å². The molecule has 15 heavy (non-hydrogen) atoms. The Kier molecular flexibility index (Phi) is 6.46. The van der Waals surface area contributed by atoms with Crippen molar-refractivity contribution in [2.75, 3.05) is 6.61 Å². The van der Waals surface area contributed by atoms with Crippen LogP contribution in [0.15, 0.2) is 0 Å². The van der Waals surface area contributed by atoms with Gasteiger partial charge in [0, 0.05) is 0 Å². The summed E-state index contributed by atoms with van der Waals surface area (Å²) in [4.78, 5) is 0. The third-order valence-corrected chi connectivity index (χ3v) is 2.26. The molecule has 1 N–H and O–H groups in total. The third kappa shape index (κ3) is 10.2. The molecular weight excluding hydrogens is 188 g/mol. The van der Waals surface area contributed by atoms with Gasteiger partial charge in [0.2, 0.25) is 0 Å². The molecule has 2 heteroatoms. The van der Waals surface area contributed by atoms with Crippen LogP contribution in [-0.2, 0) is 4.74 Å². The Balaban J connectivity index is 3.71. The SMILES string of the molecule is CC(CC(O)COC(C)C)CC(C)(C)C. The summed E-state index contributed by atoms with van der Waals surface area (Å²) in [6.45, 7) is 13.4. The topological polar surface area (TPSA) is 29.5 Å². The number of aliphatic hydroxyl groups excluding tert-OH is 1. The second-order valence-corrected chi connectivity index (χ2v) is 6.14. The molecule has 0 spiro atoms. The number of ether oxygens (including phenoxy) is 1. The molecule has 0 bridgehead atoms. The Morgan fingerprint density at radius 1 is 1.13 bits per heavy atom. The van der Waals surface area contributed by atoms with Crippen LogP contribution >= 0.6 is 0 Å². The second-order valence-electron chi connectivity index (χ2n) is 6.14. The predicted molar refractivity (Wildman–Crippen MR) is 64.9 cm³/mol. The minimum atomic E-state index is -0.315. The zero-order valence-electron chi connectivity index (χ0n) is 11.2. The van der Waals surface area contributed by atoms with E-state index in [1.165, 1.54) is 0 Å². The smallest absolute Gasteiger partial charge is 0.0776 e. The normalized spacial score (nSPS) is 16.8. The summed E-state index contributed by atoms with van der Waals surface area (Å²) in [6.07, 6.45) is 1.87. The summed E-state index contributed by atoms with van der Waals surface area (Å²) in [5, 5.41) is 9.74. The van der Waals surface area contributed by atoms with Crippen LogP contribution in [0.25, 0.3) is 0 Å². The molecule has 0 heterocycles. The molecule has 0 radical (unpaired) electrons. The van der Waals surface area contributed by atoms with Crippen molar-refractivity contribution in [1.82, 2.24) is 0 Å². The largest absolute Gasteiger partial charge is 0.391 e. The standard InChI is InChI=1S/C13H28O2/c1-10(2)15-9-12(14)7-11(3)8-13(4,5)6/h10-12,14H,7-9H2,1-6H3. The summed E-state index contributed by atoms with van der Waals surface area (Å²) >= 11 is 0.